The third-order valence-corrected chi connectivity index (χ3v) is 5.71. The van der Waals surface area contributed by atoms with Crippen LogP contribution in [0.5, 0.6) is 0 Å². The van der Waals surface area contributed by atoms with Gasteiger partial charge in [-0.3, -0.25) is 4.98 Å². The van der Waals surface area contributed by atoms with Crippen LogP contribution in [0.1, 0.15) is 5.56 Å². The molecule has 118 valence electrons. The molecule has 0 aliphatic carbocycles. The molecule has 0 amide bonds. The van der Waals surface area contributed by atoms with Gasteiger partial charge in [-0.1, -0.05) is 0 Å². The van der Waals surface area contributed by atoms with Crippen LogP contribution in [0.4, 0.5) is 0 Å². The first-order valence-corrected chi connectivity index (χ1v) is 8.70. The van der Waals surface area contributed by atoms with Crippen LogP contribution in [0.25, 0.3) is 0 Å². The number of hydrogen-bond acceptors (Lipinski definition) is 5. The van der Waals surface area contributed by atoms with E-state index >= 15 is 0 Å². The van der Waals surface area contributed by atoms with Gasteiger partial charge in [-0.15, -0.1) is 0 Å². The SMILES string of the molecule is O=S(=O)(c1cnc[nH]1)N1CCN(CCc2ccncc2)CC1. The molecule has 2 aromatic rings. The van der Waals surface area contributed by atoms with Crippen molar-refractivity contribution < 1.29 is 8.42 Å². The molecule has 0 unspecified atom stereocenters. The summed E-state index contributed by atoms with van der Waals surface area (Å²) in [6.45, 7) is 3.45. The average molecular weight is 321 g/mol. The molecule has 0 atom stereocenters. The molecule has 7 nitrogen and oxygen atoms in total. The Morgan fingerprint density at radius 3 is 2.45 bits per heavy atom. The van der Waals surface area contributed by atoms with Gasteiger partial charge in [0.1, 0.15) is 0 Å². The second-order valence-electron chi connectivity index (χ2n) is 5.27. The van der Waals surface area contributed by atoms with Gasteiger partial charge in [-0.25, -0.2) is 13.4 Å². The topological polar surface area (TPSA) is 82.2 Å². The Balaban J connectivity index is 1.52. The minimum Gasteiger partial charge on any atom is -0.335 e. The Labute approximate surface area is 130 Å². The lowest BCUT2D eigenvalue weighted by atomic mass is 10.2. The van der Waals surface area contributed by atoms with Crippen LogP contribution >= 0.6 is 0 Å². The van der Waals surface area contributed by atoms with Crippen molar-refractivity contribution in [3.05, 3.63) is 42.6 Å². The summed E-state index contributed by atoms with van der Waals surface area (Å²) in [5, 5.41) is 0.165. The first kappa shape index (κ1) is 15.1. The number of imidazole rings is 1. The number of pyridine rings is 1. The van der Waals surface area contributed by atoms with Crippen molar-refractivity contribution in [1.29, 1.82) is 0 Å². The van der Waals surface area contributed by atoms with E-state index in [-0.39, 0.29) is 5.03 Å². The van der Waals surface area contributed by atoms with Gasteiger partial charge in [0.05, 0.1) is 12.5 Å². The third kappa shape index (κ3) is 3.34. The van der Waals surface area contributed by atoms with Crippen molar-refractivity contribution in [2.75, 3.05) is 32.7 Å². The minimum atomic E-state index is -3.43. The normalized spacial score (nSPS) is 17.6. The fourth-order valence-corrected chi connectivity index (χ4v) is 3.87. The Hall–Kier alpha value is -1.77. The first-order valence-electron chi connectivity index (χ1n) is 7.26. The number of H-pyrrole nitrogens is 1. The van der Waals surface area contributed by atoms with Gasteiger partial charge in [0, 0.05) is 45.1 Å². The van der Waals surface area contributed by atoms with Crippen LogP contribution < -0.4 is 0 Å². The molecule has 8 heteroatoms. The van der Waals surface area contributed by atoms with Crippen LogP contribution in [-0.2, 0) is 16.4 Å². The van der Waals surface area contributed by atoms with Crippen molar-refractivity contribution >= 4 is 10.0 Å². The number of sulfonamides is 1. The zero-order valence-electron chi connectivity index (χ0n) is 12.2. The summed E-state index contributed by atoms with van der Waals surface area (Å²) in [6.07, 6.45) is 7.29. The molecule has 1 aliphatic heterocycles. The molecular formula is C14H19N5O2S. The lowest BCUT2D eigenvalue weighted by Gasteiger charge is -2.33. The summed E-state index contributed by atoms with van der Waals surface area (Å²) in [5.41, 5.74) is 1.25. The molecule has 1 aliphatic rings. The highest BCUT2D eigenvalue weighted by Gasteiger charge is 2.29. The van der Waals surface area contributed by atoms with E-state index in [4.69, 9.17) is 0 Å². The molecule has 0 spiro atoms. The van der Waals surface area contributed by atoms with Gasteiger partial charge >= 0.3 is 0 Å². The average Bonchev–Trinajstić information content (AvgIpc) is 3.10. The molecule has 3 heterocycles. The maximum Gasteiger partial charge on any atom is 0.260 e. The molecule has 22 heavy (non-hydrogen) atoms. The molecule has 0 bridgehead atoms. The fourth-order valence-electron chi connectivity index (χ4n) is 2.55. The summed E-state index contributed by atoms with van der Waals surface area (Å²) in [7, 11) is -3.43. The van der Waals surface area contributed by atoms with Crippen molar-refractivity contribution in [2.24, 2.45) is 0 Å². The predicted octanol–water partition coefficient (Wildman–Crippen LogP) is 0.354. The summed E-state index contributed by atoms with van der Waals surface area (Å²) in [5.74, 6) is 0. The summed E-state index contributed by atoms with van der Waals surface area (Å²) >= 11 is 0. The number of nitrogens with zero attached hydrogens (tertiary/aromatic N) is 4. The second kappa shape index (κ2) is 6.55. The van der Waals surface area contributed by atoms with Crippen LogP contribution in [0.2, 0.25) is 0 Å². The Morgan fingerprint density at radius 2 is 1.82 bits per heavy atom. The van der Waals surface area contributed by atoms with Gasteiger partial charge < -0.3 is 9.88 Å². The van der Waals surface area contributed by atoms with E-state index < -0.39 is 10.0 Å². The quantitative estimate of drug-likeness (QED) is 0.859. The largest absolute Gasteiger partial charge is 0.335 e. The van der Waals surface area contributed by atoms with E-state index in [2.05, 4.69) is 19.9 Å². The molecule has 0 aromatic carbocycles. The summed E-state index contributed by atoms with van der Waals surface area (Å²) in [4.78, 5) is 12.8. The number of hydrogen-bond donors (Lipinski definition) is 1. The van der Waals surface area contributed by atoms with Crippen molar-refractivity contribution in [2.45, 2.75) is 11.4 Å². The lowest BCUT2D eigenvalue weighted by Crippen LogP contribution is -2.49. The van der Waals surface area contributed by atoms with E-state index in [1.165, 1.54) is 22.4 Å². The van der Waals surface area contributed by atoms with Gasteiger partial charge in [-0.2, -0.15) is 4.31 Å². The van der Waals surface area contributed by atoms with E-state index in [1.54, 1.807) is 12.4 Å². The molecule has 2 aromatic heterocycles. The van der Waals surface area contributed by atoms with Crippen molar-refractivity contribution in [3.63, 3.8) is 0 Å². The number of aromatic nitrogens is 3. The van der Waals surface area contributed by atoms with Gasteiger partial charge in [-0.05, 0) is 24.1 Å². The Morgan fingerprint density at radius 1 is 1.09 bits per heavy atom. The predicted molar refractivity (Wildman–Crippen MR) is 81.7 cm³/mol. The number of piperazine rings is 1. The number of nitrogens with one attached hydrogen (secondary N) is 1. The maximum absolute atomic E-state index is 12.4. The molecule has 1 N–H and O–H groups in total. The van der Waals surface area contributed by atoms with Gasteiger partial charge in [0.2, 0.25) is 0 Å². The van der Waals surface area contributed by atoms with E-state index in [9.17, 15) is 8.42 Å². The van der Waals surface area contributed by atoms with Crippen molar-refractivity contribution in [3.8, 4) is 0 Å². The molecule has 3 rings (SSSR count). The van der Waals surface area contributed by atoms with E-state index in [0.717, 1.165) is 26.1 Å². The molecular weight excluding hydrogens is 302 g/mol. The minimum absolute atomic E-state index is 0.165. The molecule has 1 saturated heterocycles. The van der Waals surface area contributed by atoms with Crippen LogP contribution in [-0.4, -0.2) is 65.3 Å². The zero-order valence-corrected chi connectivity index (χ0v) is 13.0. The smallest absolute Gasteiger partial charge is 0.260 e. The van der Waals surface area contributed by atoms with E-state index in [1.807, 2.05) is 12.1 Å². The van der Waals surface area contributed by atoms with Crippen LogP contribution in [0, 0.1) is 0 Å². The third-order valence-electron chi connectivity index (χ3n) is 3.89. The number of rotatable bonds is 5. The van der Waals surface area contributed by atoms with Crippen LogP contribution in [0.15, 0.2) is 42.1 Å². The molecule has 0 saturated carbocycles. The Kier molecular flexibility index (Phi) is 4.51. The Bertz CT molecular complexity index is 679. The highest BCUT2D eigenvalue weighted by molar-refractivity contribution is 7.89. The van der Waals surface area contributed by atoms with Crippen LogP contribution in [0.3, 0.4) is 0 Å². The van der Waals surface area contributed by atoms with E-state index in [0.29, 0.717) is 13.1 Å². The highest BCUT2D eigenvalue weighted by atomic mass is 32.2. The zero-order chi connectivity index (χ0) is 15.4. The second-order valence-corrected chi connectivity index (χ2v) is 7.17. The number of aromatic amines is 1. The van der Waals surface area contributed by atoms with Gasteiger partial charge in [0.25, 0.3) is 10.0 Å². The summed E-state index contributed by atoms with van der Waals surface area (Å²) in [6, 6.07) is 4.03. The highest BCUT2D eigenvalue weighted by Crippen LogP contribution is 2.15. The molecule has 1 fully saturated rings. The fraction of sp³-hybridized carbons (Fsp3) is 0.429. The lowest BCUT2D eigenvalue weighted by molar-refractivity contribution is 0.190. The van der Waals surface area contributed by atoms with Gasteiger partial charge in [0.15, 0.2) is 5.03 Å². The first-order chi connectivity index (χ1) is 10.7. The van der Waals surface area contributed by atoms with Crippen molar-refractivity contribution in [1.82, 2.24) is 24.2 Å². The monoisotopic (exact) mass is 321 g/mol. The summed E-state index contributed by atoms with van der Waals surface area (Å²) < 4.78 is 26.2. The maximum atomic E-state index is 12.4. The molecule has 0 radical (unpaired) electrons. The standard InChI is InChI=1S/C14H19N5O2S/c20-22(21,14-11-16-12-17-14)19-9-7-18(8-10-19)6-3-13-1-4-15-5-2-13/h1-2,4-5,11-12H,3,6-10H2,(H,16,17).